The van der Waals surface area contributed by atoms with E-state index in [9.17, 15) is 14.4 Å². The van der Waals surface area contributed by atoms with Gasteiger partial charge in [-0.15, -0.1) is 0 Å². The molecular weight excluding hydrogens is 246 g/mol. The molecule has 0 bridgehead atoms. The van der Waals surface area contributed by atoms with Crippen LogP contribution in [0.5, 0.6) is 0 Å². The third-order valence-electron chi connectivity index (χ3n) is 2.43. The lowest BCUT2D eigenvalue weighted by Crippen LogP contribution is -2.30. The van der Waals surface area contributed by atoms with E-state index in [1.54, 1.807) is 24.3 Å². The summed E-state index contributed by atoms with van der Waals surface area (Å²) in [6.45, 7) is 1.86. The molecule has 0 atom stereocenters. The number of urea groups is 1. The molecule has 6 nitrogen and oxygen atoms in total. The minimum atomic E-state index is -0.387. The maximum atomic E-state index is 11.5. The average molecular weight is 263 g/mol. The van der Waals surface area contributed by atoms with Gasteiger partial charge in [0.15, 0.2) is 5.78 Å². The molecule has 1 aromatic carbocycles. The second-order valence-electron chi connectivity index (χ2n) is 4.08. The Morgan fingerprint density at radius 3 is 2.32 bits per heavy atom. The van der Waals surface area contributed by atoms with Crippen LogP contribution in [0.4, 0.5) is 10.5 Å². The molecular formula is C13H17N3O3. The molecule has 0 spiro atoms. The van der Waals surface area contributed by atoms with Gasteiger partial charge in [0.1, 0.15) is 0 Å². The molecule has 6 heteroatoms. The monoisotopic (exact) mass is 263 g/mol. The van der Waals surface area contributed by atoms with Crippen molar-refractivity contribution in [2.75, 3.05) is 11.9 Å². The Morgan fingerprint density at radius 1 is 1.16 bits per heavy atom. The van der Waals surface area contributed by atoms with Crippen LogP contribution in [0.1, 0.15) is 30.1 Å². The second-order valence-corrected chi connectivity index (χ2v) is 4.08. The first kappa shape index (κ1) is 14.7. The maximum Gasteiger partial charge on any atom is 0.319 e. The van der Waals surface area contributed by atoms with Crippen LogP contribution in [0.2, 0.25) is 0 Å². The highest BCUT2D eigenvalue weighted by Gasteiger charge is 2.03. The highest BCUT2D eigenvalue weighted by Crippen LogP contribution is 2.09. The number of carbonyl (C=O) groups excluding carboxylic acids is 3. The van der Waals surface area contributed by atoms with Crippen molar-refractivity contribution >= 4 is 23.4 Å². The maximum absolute atomic E-state index is 11.5. The summed E-state index contributed by atoms with van der Waals surface area (Å²) in [5, 5.41) is 5.22. The van der Waals surface area contributed by atoms with E-state index in [1.165, 1.54) is 6.92 Å². The van der Waals surface area contributed by atoms with Crippen molar-refractivity contribution in [1.82, 2.24) is 5.32 Å². The predicted molar refractivity (Wildman–Crippen MR) is 71.9 cm³/mol. The van der Waals surface area contributed by atoms with Crippen molar-refractivity contribution in [3.05, 3.63) is 29.8 Å². The quantitative estimate of drug-likeness (QED) is 0.532. The number of hydrogen-bond acceptors (Lipinski definition) is 3. The van der Waals surface area contributed by atoms with E-state index in [0.29, 0.717) is 24.2 Å². The number of primary amides is 1. The van der Waals surface area contributed by atoms with Gasteiger partial charge in [0.05, 0.1) is 0 Å². The van der Waals surface area contributed by atoms with E-state index >= 15 is 0 Å². The Hall–Kier alpha value is -2.37. The predicted octanol–water partition coefficient (Wildman–Crippen LogP) is 1.28. The Kier molecular flexibility index (Phi) is 5.53. The van der Waals surface area contributed by atoms with Crippen molar-refractivity contribution < 1.29 is 14.4 Å². The highest BCUT2D eigenvalue weighted by molar-refractivity contribution is 5.95. The molecule has 0 unspecified atom stereocenters. The Bertz CT molecular complexity index is 469. The zero-order chi connectivity index (χ0) is 14.3. The summed E-state index contributed by atoms with van der Waals surface area (Å²) in [5.41, 5.74) is 6.16. The third-order valence-corrected chi connectivity index (χ3v) is 2.43. The SMILES string of the molecule is CC(=O)c1ccc(NC(=O)NCCCC(N)=O)cc1. The fourth-order valence-electron chi connectivity index (χ4n) is 1.43. The van der Waals surface area contributed by atoms with Crippen molar-refractivity contribution in [2.45, 2.75) is 19.8 Å². The topological polar surface area (TPSA) is 101 Å². The second kappa shape index (κ2) is 7.15. The zero-order valence-electron chi connectivity index (χ0n) is 10.7. The first-order chi connectivity index (χ1) is 8.99. The molecule has 0 heterocycles. The first-order valence-corrected chi connectivity index (χ1v) is 5.93. The van der Waals surface area contributed by atoms with Crippen LogP contribution in [0.3, 0.4) is 0 Å². The van der Waals surface area contributed by atoms with Crippen LogP contribution >= 0.6 is 0 Å². The van der Waals surface area contributed by atoms with Crippen LogP contribution in [-0.4, -0.2) is 24.3 Å². The van der Waals surface area contributed by atoms with Crippen molar-refractivity contribution in [3.8, 4) is 0 Å². The van der Waals surface area contributed by atoms with Crippen molar-refractivity contribution in [2.24, 2.45) is 5.73 Å². The smallest absolute Gasteiger partial charge is 0.319 e. The molecule has 0 aliphatic heterocycles. The molecule has 3 amide bonds. The summed E-state index contributed by atoms with van der Waals surface area (Å²) in [7, 11) is 0. The number of rotatable bonds is 6. The van der Waals surface area contributed by atoms with E-state index in [4.69, 9.17) is 5.73 Å². The van der Waals surface area contributed by atoms with Gasteiger partial charge in [-0.1, -0.05) is 0 Å². The normalized spacial score (nSPS) is 9.74. The van der Waals surface area contributed by atoms with Gasteiger partial charge >= 0.3 is 6.03 Å². The number of Topliss-reactive ketones (excluding diaryl/α,β-unsaturated/α-hetero) is 1. The highest BCUT2D eigenvalue weighted by atomic mass is 16.2. The number of amides is 3. The molecule has 0 aliphatic rings. The van der Waals surface area contributed by atoms with Crippen LogP contribution in [0, 0.1) is 0 Å². The van der Waals surface area contributed by atoms with Gasteiger partial charge in [0.2, 0.25) is 5.91 Å². The summed E-state index contributed by atoms with van der Waals surface area (Å²) in [4.78, 5) is 33.0. The number of anilines is 1. The number of nitrogens with one attached hydrogen (secondary N) is 2. The van der Waals surface area contributed by atoms with Gasteiger partial charge in [-0.2, -0.15) is 0 Å². The molecule has 0 saturated carbocycles. The van der Waals surface area contributed by atoms with Crippen molar-refractivity contribution in [1.29, 1.82) is 0 Å². The summed E-state index contributed by atoms with van der Waals surface area (Å²) in [6, 6.07) is 6.23. The lowest BCUT2D eigenvalue weighted by molar-refractivity contribution is -0.118. The molecule has 1 rings (SSSR count). The molecule has 1 aromatic rings. The van der Waals surface area contributed by atoms with Gasteiger partial charge in [-0.3, -0.25) is 9.59 Å². The molecule has 0 radical (unpaired) electrons. The molecule has 19 heavy (non-hydrogen) atoms. The van der Waals surface area contributed by atoms with Gasteiger partial charge in [0.25, 0.3) is 0 Å². The Labute approximate surface area is 111 Å². The van der Waals surface area contributed by atoms with Gasteiger partial charge in [-0.25, -0.2) is 4.79 Å². The molecule has 0 aliphatic carbocycles. The summed E-state index contributed by atoms with van der Waals surface area (Å²) < 4.78 is 0. The van der Waals surface area contributed by atoms with Crippen LogP contribution in [-0.2, 0) is 4.79 Å². The fraction of sp³-hybridized carbons (Fsp3) is 0.308. The van der Waals surface area contributed by atoms with E-state index < -0.39 is 0 Å². The standard InChI is InChI=1S/C13H17N3O3/c1-9(17)10-4-6-11(7-5-10)16-13(19)15-8-2-3-12(14)18/h4-7H,2-3,8H2,1H3,(H2,14,18)(H2,15,16,19). The fourth-order valence-corrected chi connectivity index (χ4v) is 1.43. The Morgan fingerprint density at radius 2 is 1.79 bits per heavy atom. The number of hydrogen-bond donors (Lipinski definition) is 3. The average Bonchev–Trinajstić information content (AvgIpc) is 2.35. The van der Waals surface area contributed by atoms with Crippen LogP contribution in [0.15, 0.2) is 24.3 Å². The van der Waals surface area contributed by atoms with Crippen molar-refractivity contribution in [3.63, 3.8) is 0 Å². The molecule has 102 valence electrons. The number of nitrogens with two attached hydrogens (primary N) is 1. The lowest BCUT2D eigenvalue weighted by Gasteiger charge is -2.07. The minimum absolute atomic E-state index is 0.0255. The first-order valence-electron chi connectivity index (χ1n) is 5.93. The van der Waals surface area contributed by atoms with Gasteiger partial charge in [0, 0.05) is 24.2 Å². The van der Waals surface area contributed by atoms with E-state index in [1.807, 2.05) is 0 Å². The molecule has 0 fully saturated rings. The van der Waals surface area contributed by atoms with E-state index in [-0.39, 0.29) is 24.1 Å². The number of ketones is 1. The Balaban J connectivity index is 2.35. The molecule has 0 aromatic heterocycles. The lowest BCUT2D eigenvalue weighted by atomic mass is 10.1. The third kappa shape index (κ3) is 5.67. The molecule has 4 N–H and O–H groups in total. The van der Waals surface area contributed by atoms with Crippen LogP contribution in [0.25, 0.3) is 0 Å². The number of carbonyl (C=O) groups is 3. The zero-order valence-corrected chi connectivity index (χ0v) is 10.7. The van der Waals surface area contributed by atoms with Gasteiger partial charge < -0.3 is 16.4 Å². The summed E-state index contributed by atoms with van der Waals surface area (Å²) in [6.07, 6.45) is 0.750. The van der Waals surface area contributed by atoms with Crippen LogP contribution < -0.4 is 16.4 Å². The van der Waals surface area contributed by atoms with Gasteiger partial charge in [-0.05, 0) is 37.6 Å². The van der Waals surface area contributed by atoms with E-state index in [0.717, 1.165) is 0 Å². The largest absolute Gasteiger partial charge is 0.370 e. The molecule has 0 saturated heterocycles. The summed E-state index contributed by atoms with van der Waals surface area (Å²) >= 11 is 0. The number of benzene rings is 1. The van der Waals surface area contributed by atoms with E-state index in [2.05, 4.69) is 10.6 Å². The minimum Gasteiger partial charge on any atom is -0.370 e. The summed E-state index contributed by atoms with van der Waals surface area (Å²) in [5.74, 6) is -0.413.